The molecule has 17 heavy (non-hydrogen) atoms. The van der Waals surface area contributed by atoms with Crippen molar-refractivity contribution in [3.8, 4) is 0 Å². The van der Waals surface area contributed by atoms with Gasteiger partial charge in [0.2, 0.25) is 11.8 Å². The van der Waals surface area contributed by atoms with Crippen LogP contribution in [0.5, 0.6) is 0 Å². The highest BCUT2D eigenvalue weighted by Gasteiger charge is 2.08. The summed E-state index contributed by atoms with van der Waals surface area (Å²) in [7, 11) is 0. The van der Waals surface area contributed by atoms with Crippen molar-refractivity contribution in [2.45, 2.75) is 46.7 Å². The summed E-state index contributed by atoms with van der Waals surface area (Å²) in [5.74, 6) is 1.31. The van der Waals surface area contributed by atoms with E-state index in [9.17, 15) is 4.79 Å². The van der Waals surface area contributed by atoms with Crippen molar-refractivity contribution >= 4 is 5.91 Å². The highest BCUT2D eigenvalue weighted by molar-refractivity contribution is 5.77. The Morgan fingerprint density at radius 2 is 2.18 bits per heavy atom. The summed E-state index contributed by atoms with van der Waals surface area (Å²) in [5, 5.41) is 5.88. The molecule has 0 spiro atoms. The first-order valence-electron chi connectivity index (χ1n) is 5.96. The minimum Gasteiger partial charge on any atom is -0.444 e. The van der Waals surface area contributed by atoms with Crippen LogP contribution in [0.15, 0.2) is 4.42 Å². The van der Waals surface area contributed by atoms with Gasteiger partial charge in [0.1, 0.15) is 5.76 Å². The molecule has 2 N–H and O–H groups in total. The van der Waals surface area contributed by atoms with Crippen molar-refractivity contribution in [2.24, 2.45) is 0 Å². The van der Waals surface area contributed by atoms with Gasteiger partial charge in [0.25, 0.3) is 0 Å². The maximum atomic E-state index is 11.5. The number of hydrogen-bond acceptors (Lipinski definition) is 4. The van der Waals surface area contributed by atoms with Crippen molar-refractivity contribution in [2.75, 3.05) is 6.54 Å². The van der Waals surface area contributed by atoms with Gasteiger partial charge in [0.05, 0.1) is 18.8 Å². The van der Waals surface area contributed by atoms with E-state index in [2.05, 4.69) is 22.5 Å². The maximum absolute atomic E-state index is 11.5. The minimum atomic E-state index is -0.0428. The van der Waals surface area contributed by atoms with Gasteiger partial charge in [-0.1, -0.05) is 6.92 Å². The first-order chi connectivity index (χ1) is 8.02. The zero-order chi connectivity index (χ0) is 12.8. The Morgan fingerprint density at radius 1 is 1.47 bits per heavy atom. The van der Waals surface area contributed by atoms with Crippen molar-refractivity contribution in [3.63, 3.8) is 0 Å². The van der Waals surface area contributed by atoms with Gasteiger partial charge >= 0.3 is 0 Å². The molecule has 1 aromatic heterocycles. The van der Waals surface area contributed by atoms with Crippen LogP contribution in [0.25, 0.3) is 0 Å². The Morgan fingerprint density at radius 3 is 2.71 bits per heavy atom. The molecular weight excluding hydrogens is 218 g/mol. The Kier molecular flexibility index (Phi) is 5.15. The molecule has 1 atom stereocenters. The molecule has 0 aliphatic rings. The van der Waals surface area contributed by atoms with Crippen molar-refractivity contribution in [1.82, 2.24) is 15.6 Å². The zero-order valence-corrected chi connectivity index (χ0v) is 11.0. The number of nitrogens with zero attached hydrogens (tertiary/aromatic N) is 1. The molecule has 1 heterocycles. The Balaban J connectivity index is 2.28. The highest BCUT2D eigenvalue weighted by atomic mass is 16.4. The van der Waals surface area contributed by atoms with Gasteiger partial charge in [-0.05, 0) is 27.2 Å². The van der Waals surface area contributed by atoms with Gasteiger partial charge in [-0.2, -0.15) is 0 Å². The fourth-order valence-corrected chi connectivity index (χ4v) is 1.26. The fourth-order valence-electron chi connectivity index (χ4n) is 1.26. The van der Waals surface area contributed by atoms with Crippen LogP contribution in [-0.2, 0) is 11.3 Å². The molecule has 0 fully saturated rings. The first-order valence-corrected chi connectivity index (χ1v) is 5.96. The van der Waals surface area contributed by atoms with E-state index < -0.39 is 0 Å². The van der Waals surface area contributed by atoms with E-state index in [0.717, 1.165) is 17.9 Å². The van der Waals surface area contributed by atoms with Gasteiger partial charge in [-0.3, -0.25) is 4.79 Å². The molecule has 0 aliphatic heterocycles. The Hall–Kier alpha value is -1.36. The number of aromatic nitrogens is 1. The molecule has 0 saturated heterocycles. The summed E-state index contributed by atoms with van der Waals surface area (Å²) in [6.45, 7) is 8.54. The summed E-state index contributed by atoms with van der Waals surface area (Å²) in [5.41, 5.74) is 0.868. The molecule has 0 aliphatic carbocycles. The average Bonchev–Trinajstić information content (AvgIpc) is 2.63. The van der Waals surface area contributed by atoms with E-state index >= 15 is 0 Å². The molecule has 1 amide bonds. The maximum Gasteiger partial charge on any atom is 0.234 e. The lowest BCUT2D eigenvalue weighted by atomic mass is 10.2. The number of aryl methyl sites for hydroxylation is 2. The van der Waals surface area contributed by atoms with E-state index in [4.69, 9.17) is 4.42 Å². The van der Waals surface area contributed by atoms with Crippen LogP contribution < -0.4 is 10.6 Å². The van der Waals surface area contributed by atoms with E-state index in [1.807, 2.05) is 20.8 Å². The third-order valence-electron chi connectivity index (χ3n) is 2.73. The normalized spacial score (nSPS) is 12.5. The van der Waals surface area contributed by atoms with E-state index in [0.29, 0.717) is 25.0 Å². The molecule has 1 unspecified atom stereocenters. The predicted molar refractivity (Wildman–Crippen MR) is 65.6 cm³/mol. The van der Waals surface area contributed by atoms with Crippen molar-refractivity contribution in [3.05, 3.63) is 17.3 Å². The molecule has 5 heteroatoms. The van der Waals surface area contributed by atoms with Crippen LogP contribution in [0.1, 0.15) is 37.6 Å². The van der Waals surface area contributed by atoms with Gasteiger partial charge in [-0.25, -0.2) is 4.98 Å². The Bertz CT molecular complexity index is 354. The van der Waals surface area contributed by atoms with Crippen LogP contribution in [0.2, 0.25) is 0 Å². The SMILES string of the molecule is CCC(C)NCC(=O)NCc1nc(C)c(C)o1. The molecule has 1 rings (SSSR count). The highest BCUT2D eigenvalue weighted by Crippen LogP contribution is 2.07. The summed E-state index contributed by atoms with van der Waals surface area (Å²) < 4.78 is 5.37. The average molecular weight is 239 g/mol. The molecular formula is C12H21N3O2. The van der Waals surface area contributed by atoms with Gasteiger partial charge in [0, 0.05) is 6.04 Å². The number of carbonyl (C=O) groups excluding carboxylic acids is 1. The van der Waals surface area contributed by atoms with Gasteiger partial charge in [0.15, 0.2) is 0 Å². The zero-order valence-electron chi connectivity index (χ0n) is 11.0. The molecule has 5 nitrogen and oxygen atoms in total. The second-order valence-corrected chi connectivity index (χ2v) is 4.22. The fraction of sp³-hybridized carbons (Fsp3) is 0.667. The van der Waals surface area contributed by atoms with Crippen LogP contribution in [0.3, 0.4) is 0 Å². The summed E-state index contributed by atoms with van der Waals surface area (Å²) in [6.07, 6.45) is 1.01. The molecule has 0 radical (unpaired) electrons. The molecule has 0 bridgehead atoms. The lowest BCUT2D eigenvalue weighted by Crippen LogP contribution is -2.37. The number of rotatable bonds is 6. The van der Waals surface area contributed by atoms with E-state index in [1.165, 1.54) is 0 Å². The molecule has 96 valence electrons. The van der Waals surface area contributed by atoms with Crippen molar-refractivity contribution in [1.29, 1.82) is 0 Å². The third kappa shape index (κ3) is 4.56. The monoisotopic (exact) mass is 239 g/mol. The first kappa shape index (κ1) is 13.7. The number of oxazole rings is 1. The molecule has 1 aromatic rings. The topological polar surface area (TPSA) is 67.2 Å². The summed E-state index contributed by atoms with van der Waals surface area (Å²) >= 11 is 0. The second-order valence-electron chi connectivity index (χ2n) is 4.22. The lowest BCUT2D eigenvalue weighted by Gasteiger charge is -2.10. The summed E-state index contributed by atoms with van der Waals surface area (Å²) in [6, 6.07) is 0.354. The van der Waals surface area contributed by atoms with E-state index in [-0.39, 0.29) is 5.91 Å². The minimum absolute atomic E-state index is 0.0428. The molecule has 0 aromatic carbocycles. The second kappa shape index (κ2) is 6.39. The quantitative estimate of drug-likeness (QED) is 0.785. The summed E-state index contributed by atoms with van der Waals surface area (Å²) in [4.78, 5) is 15.7. The smallest absolute Gasteiger partial charge is 0.234 e. The van der Waals surface area contributed by atoms with Crippen LogP contribution >= 0.6 is 0 Å². The molecule has 0 saturated carbocycles. The van der Waals surface area contributed by atoms with Crippen molar-refractivity contribution < 1.29 is 9.21 Å². The predicted octanol–water partition coefficient (Wildman–Crippen LogP) is 1.30. The van der Waals surface area contributed by atoms with Crippen LogP contribution in [0.4, 0.5) is 0 Å². The largest absolute Gasteiger partial charge is 0.444 e. The standard InChI is InChI=1S/C12H21N3O2/c1-5-8(2)13-6-11(16)14-7-12-15-9(3)10(4)17-12/h8,13H,5-7H2,1-4H3,(H,14,16). The number of hydrogen-bond donors (Lipinski definition) is 2. The van der Waals surface area contributed by atoms with Gasteiger partial charge in [-0.15, -0.1) is 0 Å². The third-order valence-corrected chi connectivity index (χ3v) is 2.73. The van der Waals surface area contributed by atoms with E-state index in [1.54, 1.807) is 0 Å². The van der Waals surface area contributed by atoms with Crippen LogP contribution in [-0.4, -0.2) is 23.5 Å². The number of nitrogens with one attached hydrogen (secondary N) is 2. The number of carbonyl (C=O) groups is 1. The van der Waals surface area contributed by atoms with Crippen LogP contribution in [0, 0.1) is 13.8 Å². The Labute approximate surface area is 102 Å². The number of amides is 1. The van der Waals surface area contributed by atoms with Gasteiger partial charge < -0.3 is 15.1 Å². The lowest BCUT2D eigenvalue weighted by molar-refractivity contribution is -0.120.